The van der Waals surface area contributed by atoms with E-state index in [1.165, 1.54) is 0 Å². The van der Waals surface area contributed by atoms with Gasteiger partial charge < -0.3 is 9.67 Å². The number of thiazole rings is 1. The van der Waals surface area contributed by atoms with Crippen molar-refractivity contribution in [3.63, 3.8) is 0 Å². The topological polar surface area (TPSA) is 50.9 Å². The molecule has 2 heterocycles. The summed E-state index contributed by atoms with van der Waals surface area (Å²) in [6, 6.07) is 0.189. The Morgan fingerprint density at radius 1 is 1.60 bits per heavy atom. The summed E-state index contributed by atoms with van der Waals surface area (Å²) in [5.74, 6) is 0. The minimum Gasteiger partial charge on any atom is -0.390 e. The van der Waals surface area contributed by atoms with Gasteiger partial charge in [-0.15, -0.1) is 11.3 Å². The van der Waals surface area contributed by atoms with Crippen molar-refractivity contribution in [1.82, 2.24) is 14.5 Å². The highest BCUT2D eigenvalue weighted by Crippen LogP contribution is 2.24. The van der Waals surface area contributed by atoms with E-state index in [1.54, 1.807) is 30.1 Å². The van der Waals surface area contributed by atoms with E-state index >= 15 is 0 Å². The maximum atomic E-state index is 9.17. The van der Waals surface area contributed by atoms with Crippen molar-refractivity contribution in [2.24, 2.45) is 0 Å². The molecule has 15 heavy (non-hydrogen) atoms. The fourth-order valence-corrected chi connectivity index (χ4v) is 2.44. The minimum absolute atomic E-state index is 0.0157. The standard InChI is InChI=1S/C10H13N3OS/c1-2-9(10-12-3-4-15-10)13-7-11-5-8(13)6-14/h3-5,7,9,14H,2,6H2,1H3. The average molecular weight is 223 g/mol. The van der Waals surface area contributed by atoms with Crippen LogP contribution in [0, 0.1) is 0 Å². The molecule has 2 rings (SSSR count). The first-order valence-electron chi connectivity index (χ1n) is 4.87. The highest BCUT2D eigenvalue weighted by Gasteiger charge is 2.16. The van der Waals surface area contributed by atoms with Crippen molar-refractivity contribution >= 4 is 11.3 Å². The van der Waals surface area contributed by atoms with Crippen LogP contribution < -0.4 is 0 Å². The number of aromatic nitrogens is 3. The molecule has 1 unspecified atom stereocenters. The normalized spacial score (nSPS) is 12.9. The van der Waals surface area contributed by atoms with Crippen LogP contribution in [0.5, 0.6) is 0 Å². The Labute approximate surface area is 92.2 Å². The Morgan fingerprint density at radius 2 is 2.47 bits per heavy atom. The highest BCUT2D eigenvalue weighted by molar-refractivity contribution is 7.09. The molecule has 2 aromatic rings. The van der Waals surface area contributed by atoms with Gasteiger partial charge in [-0.25, -0.2) is 9.97 Å². The Morgan fingerprint density at radius 3 is 3.07 bits per heavy atom. The van der Waals surface area contributed by atoms with Crippen molar-refractivity contribution in [1.29, 1.82) is 0 Å². The minimum atomic E-state index is 0.0157. The van der Waals surface area contributed by atoms with Gasteiger partial charge >= 0.3 is 0 Å². The second kappa shape index (κ2) is 4.55. The molecule has 0 aliphatic carbocycles. The number of nitrogens with zero attached hydrogens (tertiary/aromatic N) is 3. The van der Waals surface area contributed by atoms with E-state index in [9.17, 15) is 5.11 Å². The zero-order chi connectivity index (χ0) is 10.7. The van der Waals surface area contributed by atoms with E-state index in [0.29, 0.717) is 0 Å². The van der Waals surface area contributed by atoms with Crippen LogP contribution in [0.15, 0.2) is 24.1 Å². The first-order valence-corrected chi connectivity index (χ1v) is 5.75. The predicted molar refractivity (Wildman–Crippen MR) is 58.7 cm³/mol. The van der Waals surface area contributed by atoms with Gasteiger partial charge in [0.05, 0.1) is 30.9 Å². The lowest BCUT2D eigenvalue weighted by Gasteiger charge is -2.16. The molecular formula is C10H13N3OS. The molecule has 4 nitrogen and oxygen atoms in total. The van der Waals surface area contributed by atoms with Gasteiger partial charge in [0.15, 0.2) is 0 Å². The number of rotatable bonds is 4. The van der Waals surface area contributed by atoms with Crippen molar-refractivity contribution in [3.05, 3.63) is 34.8 Å². The van der Waals surface area contributed by atoms with E-state index in [1.807, 2.05) is 9.95 Å². The number of hydrogen-bond acceptors (Lipinski definition) is 4. The molecule has 2 aromatic heterocycles. The van der Waals surface area contributed by atoms with Gasteiger partial charge in [0.25, 0.3) is 0 Å². The molecule has 80 valence electrons. The van der Waals surface area contributed by atoms with E-state index < -0.39 is 0 Å². The molecule has 0 bridgehead atoms. The predicted octanol–water partition coefficient (Wildman–Crippen LogP) is 1.83. The fraction of sp³-hybridized carbons (Fsp3) is 0.400. The van der Waals surface area contributed by atoms with Crippen molar-refractivity contribution in [2.75, 3.05) is 0 Å². The highest BCUT2D eigenvalue weighted by atomic mass is 32.1. The molecule has 0 aliphatic rings. The third-order valence-electron chi connectivity index (χ3n) is 2.37. The van der Waals surface area contributed by atoms with Crippen LogP contribution in [0.3, 0.4) is 0 Å². The summed E-state index contributed by atoms with van der Waals surface area (Å²) in [4.78, 5) is 8.36. The zero-order valence-electron chi connectivity index (χ0n) is 8.50. The number of aliphatic hydroxyl groups is 1. The zero-order valence-corrected chi connectivity index (χ0v) is 9.31. The van der Waals surface area contributed by atoms with Crippen molar-refractivity contribution < 1.29 is 5.11 Å². The van der Waals surface area contributed by atoms with Crippen LogP contribution in [0.4, 0.5) is 0 Å². The summed E-state index contributed by atoms with van der Waals surface area (Å²) >= 11 is 1.63. The van der Waals surface area contributed by atoms with Gasteiger partial charge in [0.2, 0.25) is 0 Å². The summed E-state index contributed by atoms with van der Waals surface area (Å²) in [5, 5.41) is 12.2. The molecular weight excluding hydrogens is 210 g/mol. The summed E-state index contributed by atoms with van der Waals surface area (Å²) in [5.41, 5.74) is 0.831. The summed E-state index contributed by atoms with van der Waals surface area (Å²) in [7, 11) is 0. The van der Waals surface area contributed by atoms with Crippen LogP contribution in [0.2, 0.25) is 0 Å². The largest absolute Gasteiger partial charge is 0.390 e. The molecule has 1 N–H and O–H groups in total. The second-order valence-corrected chi connectivity index (χ2v) is 4.17. The quantitative estimate of drug-likeness (QED) is 0.860. The van der Waals surface area contributed by atoms with Gasteiger partial charge in [-0.1, -0.05) is 6.92 Å². The molecule has 0 fully saturated rings. The average Bonchev–Trinajstić information content (AvgIpc) is 2.89. The summed E-state index contributed by atoms with van der Waals surface area (Å²) in [6.45, 7) is 2.12. The Hall–Kier alpha value is -1.20. The van der Waals surface area contributed by atoms with Crippen LogP contribution in [0.25, 0.3) is 0 Å². The molecule has 0 radical (unpaired) electrons. The van der Waals surface area contributed by atoms with Gasteiger partial charge in [-0.05, 0) is 6.42 Å². The lowest BCUT2D eigenvalue weighted by Crippen LogP contribution is -2.11. The van der Waals surface area contributed by atoms with Crippen LogP contribution in [-0.4, -0.2) is 19.6 Å². The second-order valence-electron chi connectivity index (χ2n) is 3.24. The number of hydrogen-bond donors (Lipinski definition) is 1. The first-order chi connectivity index (χ1) is 7.36. The fourth-order valence-electron chi connectivity index (χ4n) is 1.62. The lowest BCUT2D eigenvalue weighted by molar-refractivity contribution is 0.268. The molecule has 0 aromatic carbocycles. The van der Waals surface area contributed by atoms with Crippen molar-refractivity contribution in [3.8, 4) is 0 Å². The van der Waals surface area contributed by atoms with E-state index in [4.69, 9.17) is 0 Å². The molecule has 1 atom stereocenters. The molecule has 0 aliphatic heterocycles. The lowest BCUT2D eigenvalue weighted by atomic mass is 10.2. The van der Waals surface area contributed by atoms with E-state index in [2.05, 4.69) is 16.9 Å². The molecule has 0 amide bonds. The molecule has 5 heteroatoms. The van der Waals surface area contributed by atoms with Gasteiger partial charge in [-0.3, -0.25) is 0 Å². The molecule has 0 spiro atoms. The summed E-state index contributed by atoms with van der Waals surface area (Å²) in [6.07, 6.45) is 6.19. The molecule has 0 saturated carbocycles. The van der Waals surface area contributed by atoms with Crippen molar-refractivity contribution in [2.45, 2.75) is 26.0 Å². The van der Waals surface area contributed by atoms with Gasteiger partial charge in [0.1, 0.15) is 5.01 Å². The van der Waals surface area contributed by atoms with Gasteiger partial charge in [-0.2, -0.15) is 0 Å². The third kappa shape index (κ3) is 1.93. The maximum absolute atomic E-state index is 9.17. The monoisotopic (exact) mass is 223 g/mol. The van der Waals surface area contributed by atoms with Crippen LogP contribution in [-0.2, 0) is 6.61 Å². The first kappa shape index (κ1) is 10.3. The number of imidazole rings is 1. The van der Waals surface area contributed by atoms with Crippen LogP contribution in [0.1, 0.15) is 30.1 Å². The van der Waals surface area contributed by atoms with Crippen LogP contribution >= 0.6 is 11.3 Å². The smallest absolute Gasteiger partial charge is 0.115 e. The molecule has 0 saturated heterocycles. The Bertz CT molecular complexity index is 410. The SMILES string of the molecule is CCC(c1nccs1)n1cncc1CO. The number of aliphatic hydroxyl groups excluding tert-OH is 1. The Balaban J connectivity index is 2.35. The van der Waals surface area contributed by atoms with Gasteiger partial charge in [0, 0.05) is 11.6 Å². The third-order valence-corrected chi connectivity index (χ3v) is 3.24. The van der Waals surface area contributed by atoms with E-state index in [0.717, 1.165) is 17.1 Å². The maximum Gasteiger partial charge on any atom is 0.115 e. The Kier molecular flexibility index (Phi) is 3.13. The summed E-state index contributed by atoms with van der Waals surface area (Å²) < 4.78 is 1.98. The van der Waals surface area contributed by atoms with E-state index in [-0.39, 0.29) is 12.6 Å².